The third-order valence-corrected chi connectivity index (χ3v) is 6.56. The van der Waals surface area contributed by atoms with Crippen LogP contribution in [-0.4, -0.2) is 19.2 Å². The van der Waals surface area contributed by atoms with Crippen molar-refractivity contribution >= 4 is 0 Å². The summed E-state index contributed by atoms with van der Waals surface area (Å²) >= 11 is 0. The Labute approximate surface area is 179 Å². The molecule has 2 unspecified atom stereocenters. The lowest BCUT2D eigenvalue weighted by atomic mass is 9.73. The summed E-state index contributed by atoms with van der Waals surface area (Å²) in [5.74, 6) is 2.18. The van der Waals surface area contributed by atoms with Gasteiger partial charge in [-0.15, -0.1) is 0 Å². The molecular weight excluding hydrogens is 372 g/mol. The molecule has 1 heterocycles. The molecule has 0 spiro atoms. The first-order valence-corrected chi connectivity index (χ1v) is 10.6. The molecule has 2 N–H and O–H groups in total. The zero-order chi connectivity index (χ0) is 21.1. The molecule has 0 aliphatic heterocycles. The smallest absolute Gasteiger partial charge is 0.119 e. The second-order valence-electron chi connectivity index (χ2n) is 8.09. The number of nitrogens with two attached hydrogens (primary N) is 1. The van der Waals surface area contributed by atoms with Crippen molar-refractivity contribution in [3.05, 3.63) is 88.7 Å². The maximum atomic E-state index is 7.09. The molecule has 1 aromatic heterocycles. The van der Waals surface area contributed by atoms with Crippen molar-refractivity contribution < 1.29 is 9.47 Å². The van der Waals surface area contributed by atoms with E-state index < -0.39 is 5.54 Å². The second-order valence-corrected chi connectivity index (χ2v) is 8.09. The molecule has 0 saturated heterocycles. The highest BCUT2D eigenvalue weighted by Crippen LogP contribution is 2.42. The zero-order valence-electron chi connectivity index (χ0n) is 18.0. The van der Waals surface area contributed by atoms with Crippen LogP contribution in [0.2, 0.25) is 0 Å². The molecule has 4 rings (SSSR count). The largest absolute Gasteiger partial charge is 0.497 e. The molecule has 0 radical (unpaired) electrons. The van der Waals surface area contributed by atoms with Gasteiger partial charge >= 0.3 is 0 Å². The average Bonchev–Trinajstić information content (AvgIpc) is 2.83. The van der Waals surface area contributed by atoms with Crippen LogP contribution in [0.15, 0.2) is 60.9 Å². The number of pyridine rings is 1. The Bertz CT molecular complexity index is 1020. The monoisotopic (exact) mass is 402 g/mol. The highest BCUT2D eigenvalue weighted by atomic mass is 16.5. The summed E-state index contributed by atoms with van der Waals surface area (Å²) in [5.41, 5.74) is 12.7. The number of rotatable bonds is 6. The number of ether oxygens (including phenoxy) is 2. The van der Waals surface area contributed by atoms with E-state index >= 15 is 0 Å². The Morgan fingerprint density at radius 1 is 1.03 bits per heavy atom. The lowest BCUT2D eigenvalue weighted by Gasteiger charge is -2.35. The van der Waals surface area contributed by atoms with Gasteiger partial charge in [0.15, 0.2) is 0 Å². The van der Waals surface area contributed by atoms with Gasteiger partial charge in [0.1, 0.15) is 11.5 Å². The first kappa shape index (κ1) is 20.4. The van der Waals surface area contributed by atoms with Crippen molar-refractivity contribution in [1.29, 1.82) is 0 Å². The molecule has 2 aromatic carbocycles. The SMILES string of the molecule is CCC(N)(c1cccnc1)c1cc(OC)ccc1C1CCc2cc(OC)ccc2C1. The van der Waals surface area contributed by atoms with E-state index in [1.807, 2.05) is 12.3 Å². The van der Waals surface area contributed by atoms with Crippen LogP contribution >= 0.6 is 0 Å². The van der Waals surface area contributed by atoms with Crippen LogP contribution in [0, 0.1) is 0 Å². The Hall–Kier alpha value is -2.85. The standard InChI is InChI=1S/C26H30N2O2/c1-4-26(27,21-6-5-13-28-17-21)25-16-23(30-3)11-12-24(25)20-8-7-19-15-22(29-2)10-9-18(19)14-20/h5-6,9-13,15-17,20H,4,7-8,14,27H2,1-3H3. The minimum Gasteiger partial charge on any atom is -0.497 e. The highest BCUT2D eigenvalue weighted by molar-refractivity contribution is 5.49. The second kappa shape index (κ2) is 8.49. The number of aryl methyl sites for hydroxylation is 1. The van der Waals surface area contributed by atoms with Crippen LogP contribution in [-0.2, 0) is 18.4 Å². The average molecular weight is 403 g/mol. The highest BCUT2D eigenvalue weighted by Gasteiger charge is 2.33. The molecule has 156 valence electrons. The fraction of sp³-hybridized carbons (Fsp3) is 0.346. The number of hydrogen-bond donors (Lipinski definition) is 1. The van der Waals surface area contributed by atoms with Crippen LogP contribution in [0.25, 0.3) is 0 Å². The van der Waals surface area contributed by atoms with Crippen molar-refractivity contribution in [2.45, 2.75) is 44.1 Å². The molecule has 0 amide bonds. The molecule has 2 atom stereocenters. The summed E-state index contributed by atoms with van der Waals surface area (Å²) in [5, 5.41) is 0. The van der Waals surface area contributed by atoms with Crippen LogP contribution in [0.4, 0.5) is 0 Å². The molecule has 1 aliphatic carbocycles. The van der Waals surface area contributed by atoms with Gasteiger partial charge in [0, 0.05) is 12.4 Å². The molecule has 3 aromatic rings. The lowest BCUT2D eigenvalue weighted by Crippen LogP contribution is -2.39. The van der Waals surface area contributed by atoms with E-state index in [4.69, 9.17) is 15.2 Å². The van der Waals surface area contributed by atoms with Gasteiger partial charge in [-0.2, -0.15) is 0 Å². The molecule has 4 nitrogen and oxygen atoms in total. The van der Waals surface area contributed by atoms with Gasteiger partial charge in [0.05, 0.1) is 19.8 Å². The Kier molecular flexibility index (Phi) is 5.78. The topological polar surface area (TPSA) is 57.4 Å². The van der Waals surface area contributed by atoms with Crippen molar-refractivity contribution in [2.24, 2.45) is 5.73 Å². The number of fused-ring (bicyclic) bond motifs is 1. The van der Waals surface area contributed by atoms with Gasteiger partial charge in [0.25, 0.3) is 0 Å². The van der Waals surface area contributed by atoms with Crippen LogP contribution in [0.3, 0.4) is 0 Å². The summed E-state index contributed by atoms with van der Waals surface area (Å²) in [6, 6.07) is 16.9. The van der Waals surface area contributed by atoms with Gasteiger partial charge in [-0.3, -0.25) is 4.98 Å². The van der Waals surface area contributed by atoms with E-state index in [1.54, 1.807) is 20.4 Å². The quantitative estimate of drug-likeness (QED) is 0.631. The fourth-order valence-electron chi connectivity index (χ4n) is 4.71. The maximum Gasteiger partial charge on any atom is 0.119 e. The normalized spacial score (nSPS) is 17.7. The predicted molar refractivity (Wildman–Crippen MR) is 120 cm³/mol. The van der Waals surface area contributed by atoms with Gasteiger partial charge < -0.3 is 15.2 Å². The fourth-order valence-corrected chi connectivity index (χ4v) is 4.71. The van der Waals surface area contributed by atoms with Crippen LogP contribution < -0.4 is 15.2 Å². The molecule has 0 bridgehead atoms. The molecule has 30 heavy (non-hydrogen) atoms. The minimum absolute atomic E-state index is 0.415. The molecular formula is C26H30N2O2. The Morgan fingerprint density at radius 2 is 1.80 bits per heavy atom. The lowest BCUT2D eigenvalue weighted by molar-refractivity contribution is 0.409. The molecule has 4 heteroatoms. The number of methoxy groups -OCH3 is 2. The van der Waals surface area contributed by atoms with E-state index in [2.05, 4.69) is 54.4 Å². The van der Waals surface area contributed by atoms with E-state index in [0.29, 0.717) is 5.92 Å². The number of nitrogens with zero attached hydrogens (tertiary/aromatic N) is 1. The van der Waals surface area contributed by atoms with E-state index in [9.17, 15) is 0 Å². The third-order valence-electron chi connectivity index (χ3n) is 6.56. The van der Waals surface area contributed by atoms with E-state index in [0.717, 1.165) is 48.3 Å². The minimum atomic E-state index is -0.613. The summed E-state index contributed by atoms with van der Waals surface area (Å²) < 4.78 is 11.0. The van der Waals surface area contributed by atoms with Crippen LogP contribution in [0.5, 0.6) is 11.5 Å². The summed E-state index contributed by atoms with van der Waals surface area (Å²) in [6.07, 6.45) is 7.59. The number of aromatic nitrogens is 1. The summed E-state index contributed by atoms with van der Waals surface area (Å²) in [7, 11) is 3.43. The van der Waals surface area contributed by atoms with Gasteiger partial charge in [-0.25, -0.2) is 0 Å². The third kappa shape index (κ3) is 3.68. The number of benzene rings is 2. The van der Waals surface area contributed by atoms with Crippen molar-refractivity contribution in [1.82, 2.24) is 4.98 Å². The van der Waals surface area contributed by atoms with Gasteiger partial charge in [-0.05, 0) is 89.8 Å². The first-order chi connectivity index (χ1) is 14.6. The predicted octanol–water partition coefficient (Wildman–Crippen LogP) is 4.98. The van der Waals surface area contributed by atoms with E-state index in [1.165, 1.54) is 16.7 Å². The summed E-state index contributed by atoms with van der Waals surface area (Å²) in [6.45, 7) is 2.14. The Balaban J connectivity index is 1.77. The maximum absolute atomic E-state index is 7.09. The van der Waals surface area contributed by atoms with Crippen molar-refractivity contribution in [3.63, 3.8) is 0 Å². The molecule has 1 aliphatic rings. The molecule has 0 fully saturated rings. The molecule has 0 saturated carbocycles. The van der Waals surface area contributed by atoms with Gasteiger partial charge in [0.2, 0.25) is 0 Å². The summed E-state index contributed by atoms with van der Waals surface area (Å²) in [4.78, 5) is 4.33. The Morgan fingerprint density at radius 3 is 2.50 bits per heavy atom. The zero-order valence-corrected chi connectivity index (χ0v) is 18.0. The van der Waals surface area contributed by atoms with E-state index in [-0.39, 0.29) is 0 Å². The first-order valence-electron chi connectivity index (χ1n) is 10.6. The van der Waals surface area contributed by atoms with Crippen molar-refractivity contribution in [2.75, 3.05) is 14.2 Å². The van der Waals surface area contributed by atoms with Gasteiger partial charge in [-0.1, -0.05) is 25.1 Å². The number of hydrogen-bond acceptors (Lipinski definition) is 4. The van der Waals surface area contributed by atoms with Crippen LogP contribution in [0.1, 0.15) is 53.5 Å². The van der Waals surface area contributed by atoms with Crippen molar-refractivity contribution in [3.8, 4) is 11.5 Å².